The van der Waals surface area contributed by atoms with Crippen LogP contribution in [-0.2, 0) is 16.1 Å². The lowest BCUT2D eigenvalue weighted by Gasteiger charge is -2.11. The van der Waals surface area contributed by atoms with Gasteiger partial charge in [0.1, 0.15) is 0 Å². The van der Waals surface area contributed by atoms with Crippen molar-refractivity contribution in [1.29, 1.82) is 0 Å². The molecule has 0 fully saturated rings. The second-order valence-corrected chi connectivity index (χ2v) is 5.64. The van der Waals surface area contributed by atoms with E-state index in [0.717, 1.165) is 12.8 Å². The molecule has 0 saturated heterocycles. The summed E-state index contributed by atoms with van der Waals surface area (Å²) in [4.78, 5) is 15.6. The number of nitrogens with zero attached hydrogens (tertiary/aromatic N) is 1. The Labute approximate surface area is 136 Å². The first-order valence-electron chi connectivity index (χ1n) is 7.80. The molecule has 0 saturated carbocycles. The van der Waals surface area contributed by atoms with Gasteiger partial charge in [0.05, 0.1) is 6.21 Å². The quantitative estimate of drug-likeness (QED) is 0.483. The Morgan fingerprint density at radius 1 is 1.13 bits per heavy atom. The highest BCUT2D eigenvalue weighted by atomic mass is 16.7. The minimum Gasteiger partial charge on any atom is -0.319 e. The molecule has 23 heavy (non-hydrogen) atoms. The summed E-state index contributed by atoms with van der Waals surface area (Å²) in [5, 5.41) is 3.81. The predicted octanol–water partition coefficient (Wildman–Crippen LogP) is 4.23. The van der Waals surface area contributed by atoms with Gasteiger partial charge in [0.2, 0.25) is 0 Å². The fraction of sp³-hybridized carbons (Fsp3) is 0.200. The maximum Gasteiger partial charge on any atom is 0.331 e. The van der Waals surface area contributed by atoms with Crippen LogP contribution in [0.3, 0.4) is 0 Å². The fourth-order valence-electron chi connectivity index (χ4n) is 2.88. The van der Waals surface area contributed by atoms with Gasteiger partial charge >= 0.3 is 5.97 Å². The van der Waals surface area contributed by atoms with Crippen molar-refractivity contribution in [3.05, 3.63) is 77.4 Å². The maximum absolute atomic E-state index is 10.9. The van der Waals surface area contributed by atoms with E-state index in [1.54, 1.807) is 6.21 Å². The first-order valence-corrected chi connectivity index (χ1v) is 7.80. The molecule has 3 nitrogen and oxygen atoms in total. The zero-order chi connectivity index (χ0) is 16.1. The SMILES string of the molecule is CC(=O)O/N=C/C1C=C(c2ccccc2)c2ccccc2CC1. The van der Waals surface area contributed by atoms with Gasteiger partial charge in [0.15, 0.2) is 0 Å². The van der Waals surface area contributed by atoms with Crippen molar-refractivity contribution in [2.75, 3.05) is 0 Å². The van der Waals surface area contributed by atoms with Crippen LogP contribution in [0.2, 0.25) is 0 Å². The summed E-state index contributed by atoms with van der Waals surface area (Å²) in [6, 6.07) is 18.8. The smallest absolute Gasteiger partial charge is 0.319 e. The van der Waals surface area contributed by atoms with Crippen LogP contribution in [0.15, 0.2) is 65.8 Å². The summed E-state index contributed by atoms with van der Waals surface area (Å²) in [7, 11) is 0. The molecule has 0 aliphatic heterocycles. The van der Waals surface area contributed by atoms with E-state index < -0.39 is 5.97 Å². The third-order valence-corrected chi connectivity index (χ3v) is 3.95. The predicted molar refractivity (Wildman–Crippen MR) is 92.0 cm³/mol. The maximum atomic E-state index is 10.9. The zero-order valence-corrected chi connectivity index (χ0v) is 13.1. The zero-order valence-electron chi connectivity index (χ0n) is 13.1. The minimum absolute atomic E-state index is 0.136. The summed E-state index contributed by atoms with van der Waals surface area (Å²) in [5.74, 6) is -0.262. The number of oxime groups is 1. The number of fused-ring (bicyclic) bond motifs is 1. The molecular formula is C20H19NO2. The normalized spacial score (nSPS) is 17.3. The van der Waals surface area contributed by atoms with E-state index >= 15 is 0 Å². The van der Waals surface area contributed by atoms with Gasteiger partial charge in [0, 0.05) is 12.8 Å². The van der Waals surface area contributed by atoms with Crippen molar-refractivity contribution in [3.63, 3.8) is 0 Å². The summed E-state index contributed by atoms with van der Waals surface area (Å²) < 4.78 is 0. The van der Waals surface area contributed by atoms with Gasteiger partial charge in [-0.3, -0.25) is 0 Å². The van der Waals surface area contributed by atoms with Gasteiger partial charge in [0.25, 0.3) is 0 Å². The molecule has 0 heterocycles. The molecule has 0 bridgehead atoms. The Kier molecular flexibility index (Phi) is 4.67. The topological polar surface area (TPSA) is 38.7 Å². The van der Waals surface area contributed by atoms with Gasteiger partial charge in [-0.1, -0.05) is 65.8 Å². The Morgan fingerprint density at radius 3 is 2.65 bits per heavy atom. The van der Waals surface area contributed by atoms with Gasteiger partial charge in [-0.25, -0.2) is 4.79 Å². The average Bonchev–Trinajstić information content (AvgIpc) is 2.75. The number of hydrogen-bond donors (Lipinski definition) is 0. The second-order valence-electron chi connectivity index (χ2n) is 5.64. The number of aryl methyl sites for hydroxylation is 1. The standard InChI is InChI=1S/C20H19NO2/c1-15(22)23-21-14-16-11-12-18-9-5-6-10-19(18)20(13-16)17-7-3-2-4-8-17/h2-10,13-14,16H,11-12H2,1H3/b21-14+. The van der Waals surface area contributed by atoms with Crippen molar-refractivity contribution < 1.29 is 9.63 Å². The van der Waals surface area contributed by atoms with E-state index in [2.05, 4.69) is 47.6 Å². The second kappa shape index (κ2) is 7.05. The number of benzene rings is 2. The van der Waals surface area contributed by atoms with Crippen LogP contribution < -0.4 is 0 Å². The number of allylic oxidation sites excluding steroid dienone is 1. The van der Waals surface area contributed by atoms with E-state index in [-0.39, 0.29) is 5.92 Å². The molecule has 2 aromatic rings. The monoisotopic (exact) mass is 305 g/mol. The first-order chi connectivity index (χ1) is 11.2. The number of rotatable bonds is 3. The Balaban J connectivity index is 1.99. The van der Waals surface area contributed by atoms with Crippen molar-refractivity contribution in [1.82, 2.24) is 0 Å². The highest BCUT2D eigenvalue weighted by molar-refractivity contribution is 5.84. The molecule has 0 N–H and O–H groups in total. The molecule has 3 heteroatoms. The lowest BCUT2D eigenvalue weighted by molar-refractivity contribution is -0.140. The van der Waals surface area contributed by atoms with Crippen LogP contribution in [0.1, 0.15) is 30.0 Å². The van der Waals surface area contributed by atoms with Crippen LogP contribution in [0.5, 0.6) is 0 Å². The molecule has 116 valence electrons. The molecule has 1 aliphatic rings. The summed E-state index contributed by atoms with van der Waals surface area (Å²) >= 11 is 0. The molecule has 0 spiro atoms. The fourth-order valence-corrected chi connectivity index (χ4v) is 2.88. The number of hydrogen-bond acceptors (Lipinski definition) is 3. The average molecular weight is 305 g/mol. The largest absolute Gasteiger partial charge is 0.331 e. The van der Waals surface area contributed by atoms with Crippen molar-refractivity contribution in [3.8, 4) is 0 Å². The molecule has 2 aromatic carbocycles. The molecule has 3 rings (SSSR count). The Morgan fingerprint density at radius 2 is 1.87 bits per heavy atom. The van der Waals surface area contributed by atoms with E-state index in [1.165, 1.54) is 29.2 Å². The first kappa shape index (κ1) is 15.2. The highest BCUT2D eigenvalue weighted by Crippen LogP contribution is 2.32. The van der Waals surface area contributed by atoms with Gasteiger partial charge < -0.3 is 4.84 Å². The molecule has 1 aliphatic carbocycles. The Hall–Kier alpha value is -2.68. The third kappa shape index (κ3) is 3.75. The van der Waals surface area contributed by atoms with Crippen molar-refractivity contribution in [2.45, 2.75) is 19.8 Å². The molecular weight excluding hydrogens is 286 g/mol. The lowest BCUT2D eigenvalue weighted by Crippen LogP contribution is -2.01. The minimum atomic E-state index is -0.398. The number of carbonyl (C=O) groups excluding carboxylic acids is 1. The van der Waals surface area contributed by atoms with Crippen LogP contribution in [-0.4, -0.2) is 12.2 Å². The van der Waals surface area contributed by atoms with Crippen LogP contribution in [0, 0.1) is 5.92 Å². The molecule has 1 atom stereocenters. The van der Waals surface area contributed by atoms with Crippen molar-refractivity contribution >= 4 is 17.8 Å². The summed E-state index contributed by atoms with van der Waals surface area (Å²) in [5.41, 5.74) is 5.00. The van der Waals surface area contributed by atoms with E-state index in [9.17, 15) is 4.79 Å². The van der Waals surface area contributed by atoms with Crippen LogP contribution in [0.4, 0.5) is 0 Å². The highest BCUT2D eigenvalue weighted by Gasteiger charge is 2.17. The molecule has 1 unspecified atom stereocenters. The van der Waals surface area contributed by atoms with E-state index in [0.29, 0.717) is 0 Å². The van der Waals surface area contributed by atoms with Gasteiger partial charge in [-0.15, -0.1) is 0 Å². The van der Waals surface area contributed by atoms with E-state index in [4.69, 9.17) is 4.84 Å². The molecule has 0 radical (unpaired) electrons. The third-order valence-electron chi connectivity index (χ3n) is 3.95. The summed E-state index contributed by atoms with van der Waals surface area (Å²) in [6.07, 6.45) is 5.85. The number of carbonyl (C=O) groups is 1. The summed E-state index contributed by atoms with van der Waals surface area (Å²) in [6.45, 7) is 1.35. The Bertz CT molecular complexity index is 747. The van der Waals surface area contributed by atoms with E-state index in [1.807, 2.05) is 18.2 Å². The van der Waals surface area contributed by atoms with Crippen LogP contribution in [0.25, 0.3) is 5.57 Å². The van der Waals surface area contributed by atoms with Gasteiger partial charge in [-0.05, 0) is 35.1 Å². The lowest BCUT2D eigenvalue weighted by atomic mass is 9.94. The van der Waals surface area contributed by atoms with Gasteiger partial charge in [-0.2, -0.15) is 0 Å². The van der Waals surface area contributed by atoms with Crippen LogP contribution >= 0.6 is 0 Å². The molecule has 0 amide bonds. The van der Waals surface area contributed by atoms with Crippen molar-refractivity contribution in [2.24, 2.45) is 11.1 Å². The molecule has 0 aromatic heterocycles.